The SMILES string of the molecule is CCc1cccnc1-c1ncc(C(=O)O)cn1. The summed E-state index contributed by atoms with van der Waals surface area (Å²) in [6.45, 7) is 2.02. The van der Waals surface area contributed by atoms with E-state index in [1.54, 1.807) is 6.20 Å². The minimum atomic E-state index is -1.03. The summed E-state index contributed by atoms with van der Waals surface area (Å²) in [5, 5.41) is 8.75. The molecule has 2 aromatic heterocycles. The third-order valence-electron chi connectivity index (χ3n) is 2.38. The van der Waals surface area contributed by atoms with Gasteiger partial charge in [-0.25, -0.2) is 14.8 Å². The summed E-state index contributed by atoms with van der Waals surface area (Å²) in [5.41, 5.74) is 1.81. The van der Waals surface area contributed by atoms with Crippen molar-refractivity contribution in [2.45, 2.75) is 13.3 Å². The molecule has 0 fully saturated rings. The third-order valence-corrected chi connectivity index (χ3v) is 2.38. The van der Waals surface area contributed by atoms with Crippen molar-refractivity contribution in [2.24, 2.45) is 0 Å². The molecule has 17 heavy (non-hydrogen) atoms. The fourth-order valence-electron chi connectivity index (χ4n) is 1.49. The van der Waals surface area contributed by atoms with Gasteiger partial charge < -0.3 is 5.11 Å². The van der Waals surface area contributed by atoms with Gasteiger partial charge in [0.05, 0.1) is 5.56 Å². The Balaban J connectivity index is 2.43. The molecule has 2 rings (SSSR count). The van der Waals surface area contributed by atoms with Crippen LogP contribution in [0.3, 0.4) is 0 Å². The lowest BCUT2D eigenvalue weighted by molar-refractivity contribution is 0.0696. The Hall–Kier alpha value is -2.30. The molecule has 2 heterocycles. The average Bonchev–Trinajstić information content (AvgIpc) is 2.39. The Morgan fingerprint density at radius 3 is 2.59 bits per heavy atom. The minimum absolute atomic E-state index is 0.0720. The van der Waals surface area contributed by atoms with Crippen LogP contribution in [0.2, 0.25) is 0 Å². The molecule has 0 saturated carbocycles. The smallest absolute Gasteiger partial charge is 0.338 e. The molecule has 0 spiro atoms. The Morgan fingerprint density at radius 1 is 1.29 bits per heavy atom. The lowest BCUT2D eigenvalue weighted by Crippen LogP contribution is -2.01. The highest BCUT2D eigenvalue weighted by molar-refractivity contribution is 5.86. The molecule has 0 aromatic carbocycles. The van der Waals surface area contributed by atoms with Crippen molar-refractivity contribution in [3.05, 3.63) is 41.9 Å². The zero-order valence-corrected chi connectivity index (χ0v) is 9.29. The summed E-state index contributed by atoms with van der Waals surface area (Å²) in [6, 6.07) is 3.81. The Bertz CT molecular complexity index is 538. The van der Waals surface area contributed by atoms with Crippen LogP contribution >= 0.6 is 0 Å². The maximum absolute atomic E-state index is 10.7. The van der Waals surface area contributed by atoms with Gasteiger partial charge in [-0.2, -0.15) is 0 Å². The molecule has 0 atom stereocenters. The topological polar surface area (TPSA) is 76.0 Å². The number of nitrogens with zero attached hydrogens (tertiary/aromatic N) is 3. The highest BCUT2D eigenvalue weighted by Gasteiger charge is 2.09. The molecule has 5 nitrogen and oxygen atoms in total. The van der Waals surface area contributed by atoms with Crippen molar-refractivity contribution >= 4 is 5.97 Å². The van der Waals surface area contributed by atoms with E-state index >= 15 is 0 Å². The second-order valence-electron chi connectivity index (χ2n) is 3.47. The van der Waals surface area contributed by atoms with Crippen LogP contribution in [0.1, 0.15) is 22.8 Å². The molecule has 2 aromatic rings. The van der Waals surface area contributed by atoms with E-state index in [0.717, 1.165) is 12.0 Å². The standard InChI is InChI=1S/C12H11N3O2/c1-2-8-4-3-5-13-10(8)11-14-6-9(7-15-11)12(16)17/h3-7H,2H2,1H3,(H,16,17). The Kier molecular flexibility index (Phi) is 3.09. The van der Waals surface area contributed by atoms with Gasteiger partial charge in [0.2, 0.25) is 0 Å². The predicted molar refractivity (Wildman–Crippen MR) is 61.6 cm³/mol. The number of pyridine rings is 1. The quantitative estimate of drug-likeness (QED) is 0.868. The molecule has 5 heteroatoms. The second kappa shape index (κ2) is 4.69. The fourth-order valence-corrected chi connectivity index (χ4v) is 1.49. The first kappa shape index (κ1) is 11.2. The first-order valence-corrected chi connectivity index (χ1v) is 5.22. The number of hydrogen-bond acceptors (Lipinski definition) is 4. The molecule has 0 unspecified atom stereocenters. The van der Waals surface area contributed by atoms with Crippen molar-refractivity contribution in [1.82, 2.24) is 15.0 Å². The molecule has 86 valence electrons. The van der Waals surface area contributed by atoms with E-state index in [4.69, 9.17) is 5.11 Å². The average molecular weight is 229 g/mol. The van der Waals surface area contributed by atoms with E-state index in [2.05, 4.69) is 15.0 Å². The van der Waals surface area contributed by atoms with E-state index in [1.807, 2.05) is 19.1 Å². The van der Waals surface area contributed by atoms with E-state index in [9.17, 15) is 4.79 Å². The zero-order chi connectivity index (χ0) is 12.3. The first-order chi connectivity index (χ1) is 8.22. The van der Waals surface area contributed by atoms with Crippen LogP contribution in [0, 0.1) is 0 Å². The number of aromatic carboxylic acids is 1. The largest absolute Gasteiger partial charge is 0.478 e. The highest BCUT2D eigenvalue weighted by Crippen LogP contribution is 2.17. The van der Waals surface area contributed by atoms with Crippen LogP contribution in [0.4, 0.5) is 0 Å². The molecule has 0 aliphatic rings. The van der Waals surface area contributed by atoms with E-state index in [0.29, 0.717) is 11.5 Å². The van der Waals surface area contributed by atoms with Crippen LogP contribution in [0.25, 0.3) is 11.5 Å². The van der Waals surface area contributed by atoms with E-state index in [1.165, 1.54) is 12.4 Å². The maximum Gasteiger partial charge on any atom is 0.338 e. The number of rotatable bonds is 3. The maximum atomic E-state index is 10.7. The minimum Gasteiger partial charge on any atom is -0.478 e. The predicted octanol–water partition coefficient (Wildman–Crippen LogP) is 1.80. The number of aryl methyl sites for hydroxylation is 1. The van der Waals surface area contributed by atoms with Gasteiger partial charge >= 0.3 is 5.97 Å². The lowest BCUT2D eigenvalue weighted by atomic mass is 10.1. The number of hydrogen-bond donors (Lipinski definition) is 1. The van der Waals surface area contributed by atoms with Crippen molar-refractivity contribution in [1.29, 1.82) is 0 Å². The molecular formula is C12H11N3O2. The van der Waals surface area contributed by atoms with Crippen LogP contribution in [-0.2, 0) is 6.42 Å². The van der Waals surface area contributed by atoms with Gasteiger partial charge in [0, 0.05) is 18.6 Å². The Labute approximate surface area is 98.2 Å². The van der Waals surface area contributed by atoms with Gasteiger partial charge in [-0.3, -0.25) is 4.98 Å². The Morgan fingerprint density at radius 2 is 2.00 bits per heavy atom. The molecule has 0 bridgehead atoms. The summed E-state index contributed by atoms with van der Waals surface area (Å²) in [7, 11) is 0. The molecule has 0 aliphatic heterocycles. The van der Waals surface area contributed by atoms with Crippen LogP contribution in [0.5, 0.6) is 0 Å². The number of carboxylic acids is 1. The number of carboxylic acid groups (broad SMARTS) is 1. The highest BCUT2D eigenvalue weighted by atomic mass is 16.4. The molecule has 0 amide bonds. The van der Waals surface area contributed by atoms with Crippen LogP contribution in [-0.4, -0.2) is 26.0 Å². The molecular weight excluding hydrogens is 218 g/mol. The van der Waals surface area contributed by atoms with Gasteiger partial charge in [-0.05, 0) is 18.1 Å². The van der Waals surface area contributed by atoms with Crippen LogP contribution < -0.4 is 0 Å². The first-order valence-electron chi connectivity index (χ1n) is 5.22. The van der Waals surface area contributed by atoms with Gasteiger partial charge in [0.25, 0.3) is 0 Å². The van der Waals surface area contributed by atoms with Crippen molar-refractivity contribution in [2.75, 3.05) is 0 Å². The monoisotopic (exact) mass is 229 g/mol. The van der Waals surface area contributed by atoms with Crippen LogP contribution in [0.15, 0.2) is 30.7 Å². The molecule has 0 saturated heterocycles. The normalized spacial score (nSPS) is 10.2. The van der Waals surface area contributed by atoms with Crippen molar-refractivity contribution in [3.8, 4) is 11.5 Å². The summed E-state index contributed by atoms with van der Waals surface area (Å²) in [4.78, 5) is 22.9. The fraction of sp³-hybridized carbons (Fsp3) is 0.167. The summed E-state index contributed by atoms with van der Waals surface area (Å²) < 4.78 is 0. The number of carbonyl (C=O) groups is 1. The summed E-state index contributed by atoms with van der Waals surface area (Å²) >= 11 is 0. The van der Waals surface area contributed by atoms with Gasteiger partial charge in [-0.15, -0.1) is 0 Å². The van der Waals surface area contributed by atoms with Crippen molar-refractivity contribution < 1.29 is 9.90 Å². The second-order valence-corrected chi connectivity index (χ2v) is 3.47. The molecule has 0 radical (unpaired) electrons. The van der Waals surface area contributed by atoms with Crippen molar-refractivity contribution in [3.63, 3.8) is 0 Å². The van der Waals surface area contributed by atoms with Gasteiger partial charge in [0.15, 0.2) is 5.82 Å². The summed E-state index contributed by atoms with van der Waals surface area (Å²) in [6.07, 6.45) is 5.08. The third kappa shape index (κ3) is 2.28. The molecule has 1 N–H and O–H groups in total. The lowest BCUT2D eigenvalue weighted by Gasteiger charge is -2.04. The van der Waals surface area contributed by atoms with E-state index in [-0.39, 0.29) is 5.56 Å². The van der Waals surface area contributed by atoms with Gasteiger partial charge in [0.1, 0.15) is 5.69 Å². The zero-order valence-electron chi connectivity index (χ0n) is 9.29. The van der Waals surface area contributed by atoms with E-state index < -0.39 is 5.97 Å². The number of aromatic nitrogens is 3. The van der Waals surface area contributed by atoms with Gasteiger partial charge in [-0.1, -0.05) is 13.0 Å². The summed E-state index contributed by atoms with van der Waals surface area (Å²) in [5.74, 6) is -0.583. The molecule has 0 aliphatic carbocycles.